The molecule has 1 unspecified atom stereocenters. The Labute approximate surface area is 139 Å². The molecule has 23 heavy (non-hydrogen) atoms. The van der Waals surface area contributed by atoms with Crippen molar-refractivity contribution in [1.29, 1.82) is 0 Å². The number of hydrogen-bond donors (Lipinski definition) is 1. The van der Waals surface area contributed by atoms with Gasteiger partial charge in [-0.15, -0.1) is 0 Å². The molecule has 0 saturated carbocycles. The summed E-state index contributed by atoms with van der Waals surface area (Å²) in [6, 6.07) is 6.00. The van der Waals surface area contributed by atoms with Crippen LogP contribution in [0.3, 0.4) is 0 Å². The van der Waals surface area contributed by atoms with Gasteiger partial charge >= 0.3 is 0 Å². The Kier molecular flexibility index (Phi) is 6.21. The highest BCUT2D eigenvalue weighted by Crippen LogP contribution is 2.28. The Balaban J connectivity index is 1.90. The topological polar surface area (TPSA) is 55.1 Å². The van der Waals surface area contributed by atoms with Crippen LogP contribution < -0.4 is 5.32 Å². The monoisotopic (exact) mass is 336 g/mol. The van der Waals surface area contributed by atoms with E-state index in [1.54, 1.807) is 18.3 Å². The molecule has 0 aliphatic rings. The van der Waals surface area contributed by atoms with E-state index in [-0.39, 0.29) is 17.0 Å². The zero-order valence-corrected chi connectivity index (χ0v) is 14.3. The zero-order chi connectivity index (χ0) is 16.8. The lowest BCUT2D eigenvalue weighted by molar-refractivity contribution is -0.120. The molecule has 0 aliphatic heterocycles. The quantitative estimate of drug-likeness (QED) is 0.773. The number of nitrogens with zero attached hydrogens (tertiary/aromatic N) is 1. The molecule has 0 radical (unpaired) electrons. The van der Waals surface area contributed by atoms with Crippen LogP contribution in [0, 0.1) is 11.7 Å². The molecule has 0 bridgehead atoms. The summed E-state index contributed by atoms with van der Waals surface area (Å²) >= 11 is 1.27. The normalized spacial score (nSPS) is 12.4. The SMILES string of the molecule is CC(C)CCNC(=O)C(C)Sc1ncc(-c2ccc(F)cc2)o1. The molecule has 0 fully saturated rings. The van der Waals surface area contributed by atoms with Crippen LogP contribution in [0.5, 0.6) is 0 Å². The fourth-order valence-electron chi connectivity index (χ4n) is 1.89. The fraction of sp³-hybridized carbons (Fsp3) is 0.412. The molecule has 0 saturated heterocycles. The van der Waals surface area contributed by atoms with Crippen molar-refractivity contribution in [3.8, 4) is 11.3 Å². The third-order valence-corrected chi connectivity index (χ3v) is 4.24. The summed E-state index contributed by atoms with van der Waals surface area (Å²) in [5.74, 6) is 0.787. The molecule has 0 spiro atoms. The lowest BCUT2D eigenvalue weighted by Gasteiger charge is -2.11. The minimum atomic E-state index is -0.297. The van der Waals surface area contributed by atoms with Crippen LogP contribution in [0.15, 0.2) is 40.1 Å². The number of carbonyl (C=O) groups excluding carboxylic acids is 1. The van der Waals surface area contributed by atoms with E-state index in [1.165, 1.54) is 23.9 Å². The molecule has 2 aromatic rings. The van der Waals surface area contributed by atoms with Gasteiger partial charge in [0, 0.05) is 12.1 Å². The third-order valence-electron chi connectivity index (χ3n) is 3.28. The van der Waals surface area contributed by atoms with Crippen LogP contribution in [0.25, 0.3) is 11.3 Å². The molecule has 1 atom stereocenters. The van der Waals surface area contributed by atoms with Gasteiger partial charge in [-0.2, -0.15) is 0 Å². The first-order valence-corrected chi connectivity index (χ1v) is 8.50. The first-order chi connectivity index (χ1) is 11.0. The maximum atomic E-state index is 12.9. The highest BCUT2D eigenvalue weighted by molar-refractivity contribution is 8.00. The van der Waals surface area contributed by atoms with Gasteiger partial charge in [0.15, 0.2) is 5.76 Å². The van der Waals surface area contributed by atoms with Gasteiger partial charge < -0.3 is 9.73 Å². The van der Waals surface area contributed by atoms with Crippen molar-refractivity contribution in [3.05, 3.63) is 36.3 Å². The number of oxazole rings is 1. The standard InChI is InChI=1S/C17H21FN2O2S/c1-11(2)8-9-19-16(21)12(3)23-17-20-10-15(22-17)13-4-6-14(18)7-5-13/h4-7,10-12H,8-9H2,1-3H3,(H,19,21). The molecule has 4 nitrogen and oxygen atoms in total. The Bertz CT molecular complexity index is 640. The molecule has 0 aliphatic carbocycles. The Morgan fingerprint density at radius 1 is 1.30 bits per heavy atom. The van der Waals surface area contributed by atoms with Crippen molar-refractivity contribution >= 4 is 17.7 Å². The van der Waals surface area contributed by atoms with Crippen molar-refractivity contribution in [2.45, 2.75) is 37.7 Å². The molecule has 124 valence electrons. The van der Waals surface area contributed by atoms with Crippen LogP contribution in [0.1, 0.15) is 27.2 Å². The Morgan fingerprint density at radius 2 is 2.00 bits per heavy atom. The first kappa shape index (κ1) is 17.5. The summed E-state index contributed by atoms with van der Waals surface area (Å²) in [6.45, 7) is 6.73. The molecule has 1 aromatic heterocycles. The number of halogens is 1. The predicted molar refractivity (Wildman–Crippen MR) is 89.7 cm³/mol. The summed E-state index contributed by atoms with van der Waals surface area (Å²) in [5.41, 5.74) is 0.750. The number of carbonyl (C=O) groups is 1. The van der Waals surface area contributed by atoms with Crippen LogP contribution in [0.2, 0.25) is 0 Å². The van der Waals surface area contributed by atoms with Crippen molar-refractivity contribution < 1.29 is 13.6 Å². The van der Waals surface area contributed by atoms with Gasteiger partial charge in [-0.25, -0.2) is 9.37 Å². The van der Waals surface area contributed by atoms with Gasteiger partial charge in [0.1, 0.15) is 5.82 Å². The van der Waals surface area contributed by atoms with E-state index in [1.807, 2.05) is 6.92 Å². The predicted octanol–water partition coefficient (Wildman–Crippen LogP) is 4.12. The molecular weight excluding hydrogens is 315 g/mol. The number of aromatic nitrogens is 1. The second kappa shape index (κ2) is 8.15. The van der Waals surface area contributed by atoms with Crippen molar-refractivity contribution in [3.63, 3.8) is 0 Å². The average molecular weight is 336 g/mol. The first-order valence-electron chi connectivity index (χ1n) is 7.62. The number of thioether (sulfide) groups is 1. The Morgan fingerprint density at radius 3 is 2.65 bits per heavy atom. The smallest absolute Gasteiger partial charge is 0.256 e. The van der Waals surface area contributed by atoms with Gasteiger partial charge in [0.2, 0.25) is 5.91 Å². The molecular formula is C17H21FN2O2S. The second-order valence-corrected chi connectivity index (χ2v) is 7.02. The van der Waals surface area contributed by atoms with Crippen LogP contribution >= 0.6 is 11.8 Å². The highest BCUT2D eigenvalue weighted by Gasteiger charge is 2.17. The Hall–Kier alpha value is -1.82. The van der Waals surface area contributed by atoms with E-state index in [2.05, 4.69) is 24.1 Å². The van der Waals surface area contributed by atoms with Gasteiger partial charge in [-0.3, -0.25) is 4.79 Å². The maximum Gasteiger partial charge on any atom is 0.256 e. The molecule has 1 N–H and O–H groups in total. The van der Waals surface area contributed by atoms with Gasteiger partial charge in [0.25, 0.3) is 5.22 Å². The number of rotatable bonds is 7. The summed E-state index contributed by atoms with van der Waals surface area (Å²) in [5, 5.41) is 3.04. The summed E-state index contributed by atoms with van der Waals surface area (Å²) in [7, 11) is 0. The van der Waals surface area contributed by atoms with E-state index < -0.39 is 0 Å². The van der Waals surface area contributed by atoms with Crippen LogP contribution in [-0.2, 0) is 4.79 Å². The van der Waals surface area contributed by atoms with Gasteiger partial charge in [-0.1, -0.05) is 25.6 Å². The molecule has 1 heterocycles. The van der Waals surface area contributed by atoms with E-state index in [9.17, 15) is 9.18 Å². The van der Waals surface area contributed by atoms with E-state index in [4.69, 9.17) is 4.42 Å². The van der Waals surface area contributed by atoms with Gasteiger partial charge in [-0.05, 0) is 43.5 Å². The van der Waals surface area contributed by atoms with Crippen LogP contribution in [-0.4, -0.2) is 22.7 Å². The van der Waals surface area contributed by atoms with E-state index in [0.29, 0.717) is 23.4 Å². The highest BCUT2D eigenvalue weighted by atomic mass is 32.2. The van der Waals surface area contributed by atoms with E-state index in [0.717, 1.165) is 12.0 Å². The molecule has 6 heteroatoms. The molecule has 2 rings (SSSR count). The lowest BCUT2D eigenvalue weighted by atomic mass is 10.1. The third kappa shape index (κ3) is 5.39. The van der Waals surface area contributed by atoms with Gasteiger partial charge in [0.05, 0.1) is 11.4 Å². The summed E-state index contributed by atoms with van der Waals surface area (Å²) < 4.78 is 18.5. The molecule has 1 aromatic carbocycles. The van der Waals surface area contributed by atoms with Crippen molar-refractivity contribution in [2.24, 2.45) is 5.92 Å². The van der Waals surface area contributed by atoms with Crippen molar-refractivity contribution in [2.75, 3.05) is 6.54 Å². The number of benzene rings is 1. The van der Waals surface area contributed by atoms with Crippen molar-refractivity contribution in [1.82, 2.24) is 10.3 Å². The zero-order valence-electron chi connectivity index (χ0n) is 13.5. The summed E-state index contributed by atoms with van der Waals surface area (Å²) in [4.78, 5) is 16.2. The maximum absolute atomic E-state index is 12.9. The minimum absolute atomic E-state index is 0.0304. The fourth-order valence-corrected chi connectivity index (χ4v) is 2.64. The number of amides is 1. The van der Waals surface area contributed by atoms with Crippen LogP contribution in [0.4, 0.5) is 4.39 Å². The minimum Gasteiger partial charge on any atom is -0.431 e. The second-order valence-electron chi connectivity index (χ2n) is 5.73. The van der Waals surface area contributed by atoms with E-state index >= 15 is 0 Å². The molecule has 1 amide bonds. The average Bonchev–Trinajstić information content (AvgIpc) is 2.96. The lowest BCUT2D eigenvalue weighted by Crippen LogP contribution is -2.32. The largest absolute Gasteiger partial charge is 0.431 e. The number of hydrogen-bond acceptors (Lipinski definition) is 4. The summed E-state index contributed by atoms with van der Waals surface area (Å²) in [6.07, 6.45) is 2.54. The number of nitrogens with one attached hydrogen (secondary N) is 1.